The van der Waals surface area contributed by atoms with E-state index in [1.165, 1.54) is 4.31 Å². The van der Waals surface area contributed by atoms with Crippen LogP contribution in [0.5, 0.6) is 0 Å². The van der Waals surface area contributed by atoms with Crippen LogP contribution in [-0.4, -0.2) is 48.9 Å². The minimum atomic E-state index is -3.48. The van der Waals surface area contributed by atoms with Crippen molar-refractivity contribution in [2.24, 2.45) is 0 Å². The van der Waals surface area contributed by atoms with Gasteiger partial charge in [0.05, 0.1) is 4.90 Å². The van der Waals surface area contributed by atoms with Gasteiger partial charge in [-0.3, -0.25) is 0 Å². The van der Waals surface area contributed by atoms with Crippen molar-refractivity contribution in [1.29, 1.82) is 0 Å². The lowest BCUT2D eigenvalue weighted by Crippen LogP contribution is -2.49. The number of rotatable bonds is 3. The summed E-state index contributed by atoms with van der Waals surface area (Å²) in [4.78, 5) is 10.8. The lowest BCUT2D eigenvalue weighted by Gasteiger charge is -2.34. The molecular formula is C15H17BrN4O2S. The van der Waals surface area contributed by atoms with E-state index in [1.807, 2.05) is 24.0 Å². The zero-order valence-electron chi connectivity index (χ0n) is 12.7. The van der Waals surface area contributed by atoms with E-state index in [0.717, 1.165) is 10.0 Å². The number of hydrogen-bond acceptors (Lipinski definition) is 5. The largest absolute Gasteiger partial charge is 0.338 e. The molecule has 1 aromatic heterocycles. The van der Waals surface area contributed by atoms with Gasteiger partial charge in [-0.05, 0) is 30.7 Å². The number of sulfonamides is 1. The molecule has 0 unspecified atom stereocenters. The van der Waals surface area contributed by atoms with Crippen molar-refractivity contribution in [1.82, 2.24) is 14.3 Å². The maximum Gasteiger partial charge on any atom is 0.243 e. The molecule has 2 heterocycles. The van der Waals surface area contributed by atoms with E-state index in [4.69, 9.17) is 0 Å². The maximum absolute atomic E-state index is 12.9. The Hall–Kier alpha value is -1.51. The number of benzene rings is 1. The fourth-order valence-electron chi connectivity index (χ4n) is 2.57. The van der Waals surface area contributed by atoms with Crippen LogP contribution in [-0.2, 0) is 10.0 Å². The summed E-state index contributed by atoms with van der Waals surface area (Å²) in [6.07, 6.45) is 3.38. The molecule has 0 amide bonds. The Morgan fingerprint density at radius 1 is 1.09 bits per heavy atom. The molecule has 1 aliphatic heterocycles. The highest BCUT2D eigenvalue weighted by Crippen LogP contribution is 2.25. The van der Waals surface area contributed by atoms with Gasteiger partial charge < -0.3 is 4.90 Å². The molecule has 0 N–H and O–H groups in total. The van der Waals surface area contributed by atoms with Crippen molar-refractivity contribution in [3.8, 4) is 0 Å². The number of piperazine rings is 1. The van der Waals surface area contributed by atoms with E-state index in [2.05, 4.69) is 25.9 Å². The minimum Gasteiger partial charge on any atom is -0.338 e. The van der Waals surface area contributed by atoms with Gasteiger partial charge in [0, 0.05) is 43.0 Å². The van der Waals surface area contributed by atoms with Gasteiger partial charge in [0.15, 0.2) is 0 Å². The number of anilines is 1. The molecule has 122 valence electrons. The molecule has 2 aromatic rings. The molecule has 0 saturated carbocycles. The Kier molecular flexibility index (Phi) is 4.65. The predicted octanol–water partition coefficient (Wildman–Crippen LogP) is 2.06. The van der Waals surface area contributed by atoms with Gasteiger partial charge in [-0.1, -0.05) is 22.0 Å². The molecule has 0 atom stereocenters. The van der Waals surface area contributed by atoms with E-state index in [9.17, 15) is 8.42 Å². The summed E-state index contributed by atoms with van der Waals surface area (Å²) >= 11 is 3.35. The monoisotopic (exact) mass is 396 g/mol. The molecule has 1 aromatic carbocycles. The summed E-state index contributed by atoms with van der Waals surface area (Å²) in [7, 11) is -3.48. The Balaban J connectivity index is 1.78. The fourth-order valence-corrected chi connectivity index (χ4v) is 4.76. The quantitative estimate of drug-likeness (QED) is 0.793. The van der Waals surface area contributed by atoms with Crippen LogP contribution in [0.15, 0.2) is 46.0 Å². The standard InChI is InChI=1S/C15H17BrN4O2S/c1-12-3-4-13(16)11-14(12)23(21,22)20-9-7-19(8-10-20)15-17-5-2-6-18-15/h2-6,11H,7-10H2,1H3. The second-order valence-corrected chi connectivity index (χ2v) is 8.17. The smallest absolute Gasteiger partial charge is 0.243 e. The average Bonchev–Trinajstić information content (AvgIpc) is 2.58. The third-order valence-corrected chi connectivity index (χ3v) is 6.38. The first-order valence-corrected chi connectivity index (χ1v) is 9.50. The highest BCUT2D eigenvalue weighted by molar-refractivity contribution is 9.10. The van der Waals surface area contributed by atoms with E-state index < -0.39 is 10.0 Å². The molecule has 6 nitrogen and oxygen atoms in total. The molecule has 23 heavy (non-hydrogen) atoms. The van der Waals surface area contributed by atoms with Crippen LogP contribution < -0.4 is 4.90 Å². The first-order chi connectivity index (χ1) is 11.0. The summed E-state index contributed by atoms with van der Waals surface area (Å²) in [6.45, 7) is 3.82. The molecule has 0 bridgehead atoms. The van der Waals surface area contributed by atoms with Crippen molar-refractivity contribution in [3.63, 3.8) is 0 Å². The Morgan fingerprint density at radius 2 is 1.74 bits per heavy atom. The van der Waals surface area contributed by atoms with Crippen molar-refractivity contribution < 1.29 is 8.42 Å². The van der Waals surface area contributed by atoms with Gasteiger partial charge in [0.25, 0.3) is 0 Å². The lowest BCUT2D eigenvalue weighted by molar-refractivity contribution is 0.382. The molecule has 3 rings (SSSR count). The third-order valence-electron chi connectivity index (χ3n) is 3.84. The highest BCUT2D eigenvalue weighted by Gasteiger charge is 2.30. The molecule has 1 saturated heterocycles. The zero-order chi connectivity index (χ0) is 16.4. The van der Waals surface area contributed by atoms with Crippen LogP contribution in [0.25, 0.3) is 0 Å². The Bertz CT molecular complexity index is 790. The van der Waals surface area contributed by atoms with Gasteiger partial charge in [-0.2, -0.15) is 4.31 Å². The Morgan fingerprint density at radius 3 is 2.39 bits per heavy atom. The predicted molar refractivity (Wildman–Crippen MR) is 91.9 cm³/mol. The molecule has 1 fully saturated rings. The molecule has 8 heteroatoms. The first-order valence-electron chi connectivity index (χ1n) is 7.27. The Labute approximate surface area is 144 Å². The van der Waals surface area contributed by atoms with Crippen LogP contribution in [0, 0.1) is 6.92 Å². The topological polar surface area (TPSA) is 66.4 Å². The molecule has 1 aliphatic rings. The summed E-state index contributed by atoms with van der Waals surface area (Å²) in [5, 5.41) is 0. The van der Waals surface area contributed by atoms with Crippen molar-refractivity contribution in [2.45, 2.75) is 11.8 Å². The van der Waals surface area contributed by atoms with Crippen molar-refractivity contribution in [3.05, 3.63) is 46.7 Å². The number of aryl methyl sites for hydroxylation is 1. The van der Waals surface area contributed by atoms with Gasteiger partial charge >= 0.3 is 0 Å². The molecule has 0 spiro atoms. The molecule has 0 radical (unpaired) electrons. The average molecular weight is 397 g/mol. The van der Waals surface area contributed by atoms with Gasteiger partial charge in [-0.15, -0.1) is 0 Å². The number of aromatic nitrogens is 2. The van der Waals surface area contributed by atoms with E-state index >= 15 is 0 Å². The summed E-state index contributed by atoms with van der Waals surface area (Å²) < 4.78 is 28.0. The first kappa shape index (κ1) is 16.4. The lowest BCUT2D eigenvalue weighted by atomic mass is 10.2. The second kappa shape index (κ2) is 6.54. The van der Waals surface area contributed by atoms with E-state index in [1.54, 1.807) is 24.5 Å². The fraction of sp³-hybridized carbons (Fsp3) is 0.333. The highest BCUT2D eigenvalue weighted by atomic mass is 79.9. The molecule has 0 aliphatic carbocycles. The van der Waals surface area contributed by atoms with Crippen LogP contribution in [0.2, 0.25) is 0 Å². The normalized spacial score (nSPS) is 16.5. The summed E-state index contributed by atoms with van der Waals surface area (Å²) in [6, 6.07) is 7.08. The molecular weight excluding hydrogens is 380 g/mol. The summed E-state index contributed by atoms with van der Waals surface area (Å²) in [5.41, 5.74) is 0.752. The van der Waals surface area contributed by atoms with Gasteiger partial charge in [-0.25, -0.2) is 18.4 Å². The number of hydrogen-bond donors (Lipinski definition) is 0. The van der Waals surface area contributed by atoms with Crippen LogP contribution in [0.4, 0.5) is 5.95 Å². The number of halogens is 1. The van der Waals surface area contributed by atoms with Crippen LogP contribution in [0.3, 0.4) is 0 Å². The van der Waals surface area contributed by atoms with Crippen molar-refractivity contribution >= 4 is 31.9 Å². The number of nitrogens with zero attached hydrogens (tertiary/aromatic N) is 4. The zero-order valence-corrected chi connectivity index (χ0v) is 15.1. The van der Waals surface area contributed by atoms with E-state index in [0.29, 0.717) is 37.0 Å². The van der Waals surface area contributed by atoms with Crippen LogP contribution >= 0.6 is 15.9 Å². The maximum atomic E-state index is 12.9. The third kappa shape index (κ3) is 3.39. The van der Waals surface area contributed by atoms with E-state index in [-0.39, 0.29) is 0 Å². The van der Waals surface area contributed by atoms with Crippen molar-refractivity contribution in [2.75, 3.05) is 31.1 Å². The SMILES string of the molecule is Cc1ccc(Br)cc1S(=O)(=O)N1CCN(c2ncccn2)CC1. The van der Waals surface area contributed by atoms with Crippen LogP contribution in [0.1, 0.15) is 5.56 Å². The van der Waals surface area contributed by atoms with Gasteiger partial charge in [0.1, 0.15) is 0 Å². The minimum absolute atomic E-state index is 0.358. The second-order valence-electron chi connectivity index (χ2n) is 5.35. The van der Waals surface area contributed by atoms with Gasteiger partial charge in [0.2, 0.25) is 16.0 Å². The summed E-state index contributed by atoms with van der Waals surface area (Å²) in [5.74, 6) is 0.642.